The largest absolute Gasteiger partial charge is 0.393 e. The minimum atomic E-state index is -0.159. The van der Waals surface area contributed by atoms with Crippen LogP contribution in [0.4, 0.5) is 0 Å². The van der Waals surface area contributed by atoms with E-state index < -0.39 is 0 Å². The van der Waals surface area contributed by atoms with Crippen LogP contribution < -0.4 is 11.1 Å². The lowest BCUT2D eigenvalue weighted by atomic mass is 10.2. The van der Waals surface area contributed by atoms with E-state index in [0.29, 0.717) is 17.2 Å². The highest BCUT2D eigenvalue weighted by atomic mass is 79.9. The van der Waals surface area contributed by atoms with Crippen LogP contribution in [0, 0.1) is 0 Å². The number of aromatic nitrogens is 1. The Bertz CT molecular complexity index is 394. The van der Waals surface area contributed by atoms with Gasteiger partial charge in [-0.25, -0.2) is 4.98 Å². The van der Waals surface area contributed by atoms with E-state index in [9.17, 15) is 4.79 Å². The summed E-state index contributed by atoms with van der Waals surface area (Å²) in [5, 5.41) is 2.79. The molecule has 17 heavy (non-hydrogen) atoms. The number of nitrogens with zero attached hydrogens (tertiary/aromatic N) is 1. The van der Waals surface area contributed by atoms with E-state index in [2.05, 4.69) is 26.2 Å². The van der Waals surface area contributed by atoms with Gasteiger partial charge in [-0.15, -0.1) is 0 Å². The quantitative estimate of drug-likeness (QED) is 0.622. The van der Waals surface area contributed by atoms with E-state index in [1.165, 1.54) is 0 Å². The second-order valence-electron chi connectivity index (χ2n) is 3.54. The van der Waals surface area contributed by atoms with Crippen LogP contribution >= 0.6 is 28.1 Å². The van der Waals surface area contributed by atoms with Gasteiger partial charge >= 0.3 is 0 Å². The van der Waals surface area contributed by atoms with Crippen molar-refractivity contribution >= 4 is 39.0 Å². The van der Waals surface area contributed by atoms with Crippen LogP contribution in [0.3, 0.4) is 0 Å². The van der Waals surface area contributed by atoms with E-state index in [1.54, 1.807) is 18.3 Å². The number of thiocarbonyl (C=S) groups is 1. The Morgan fingerprint density at radius 3 is 2.82 bits per heavy atom. The topological polar surface area (TPSA) is 68.0 Å². The number of pyridine rings is 1. The van der Waals surface area contributed by atoms with Crippen molar-refractivity contribution in [2.75, 3.05) is 6.54 Å². The van der Waals surface area contributed by atoms with E-state index >= 15 is 0 Å². The molecule has 6 heteroatoms. The van der Waals surface area contributed by atoms with Gasteiger partial charge < -0.3 is 11.1 Å². The lowest BCUT2D eigenvalue weighted by Crippen LogP contribution is -2.25. The highest BCUT2D eigenvalue weighted by Crippen LogP contribution is 2.07. The summed E-state index contributed by atoms with van der Waals surface area (Å²) in [6, 6.07) is 3.46. The molecule has 1 heterocycles. The third-order valence-corrected chi connectivity index (χ3v) is 2.77. The normalized spacial score (nSPS) is 9.94. The molecular weight excluding hydrogens is 302 g/mol. The molecule has 3 N–H and O–H groups in total. The summed E-state index contributed by atoms with van der Waals surface area (Å²) in [6.07, 6.45) is 4.08. The van der Waals surface area contributed by atoms with E-state index in [1.807, 2.05) is 0 Å². The van der Waals surface area contributed by atoms with Crippen LogP contribution in [0.15, 0.2) is 22.8 Å². The molecule has 0 fully saturated rings. The molecular formula is C11H14BrN3OS. The minimum absolute atomic E-state index is 0.159. The molecule has 0 aliphatic heterocycles. The maximum absolute atomic E-state index is 11.6. The zero-order valence-corrected chi connectivity index (χ0v) is 11.7. The summed E-state index contributed by atoms with van der Waals surface area (Å²) in [4.78, 5) is 16.1. The molecule has 0 aromatic carbocycles. The fourth-order valence-corrected chi connectivity index (χ4v) is 1.61. The standard InChI is InChI=1S/C11H14BrN3OS/c12-8-4-5-9(15-7-8)11(16)14-6-2-1-3-10(13)17/h4-5,7H,1-3,6H2,(H2,13,17)(H,14,16). The predicted molar refractivity (Wildman–Crippen MR) is 74.9 cm³/mol. The molecule has 1 amide bonds. The lowest BCUT2D eigenvalue weighted by Gasteiger charge is -2.04. The number of halogens is 1. The predicted octanol–water partition coefficient (Wildman–Crippen LogP) is 2.03. The zero-order valence-electron chi connectivity index (χ0n) is 9.28. The van der Waals surface area contributed by atoms with E-state index in [4.69, 9.17) is 18.0 Å². The van der Waals surface area contributed by atoms with Crippen LogP contribution in [0.25, 0.3) is 0 Å². The van der Waals surface area contributed by atoms with Crippen LogP contribution in [0.2, 0.25) is 0 Å². The van der Waals surface area contributed by atoms with Crippen LogP contribution in [-0.2, 0) is 0 Å². The number of nitrogens with one attached hydrogen (secondary N) is 1. The maximum atomic E-state index is 11.6. The smallest absolute Gasteiger partial charge is 0.269 e. The SMILES string of the molecule is NC(=S)CCCCNC(=O)c1ccc(Br)cn1. The molecule has 0 bridgehead atoms. The first kappa shape index (κ1) is 14.1. The highest BCUT2D eigenvalue weighted by Gasteiger charge is 2.05. The summed E-state index contributed by atoms with van der Waals surface area (Å²) >= 11 is 8.02. The lowest BCUT2D eigenvalue weighted by molar-refractivity contribution is 0.0948. The minimum Gasteiger partial charge on any atom is -0.393 e. The molecule has 0 radical (unpaired) electrons. The number of nitrogens with two attached hydrogens (primary N) is 1. The molecule has 0 unspecified atom stereocenters. The van der Waals surface area contributed by atoms with Crippen molar-refractivity contribution in [3.63, 3.8) is 0 Å². The van der Waals surface area contributed by atoms with Crippen molar-refractivity contribution in [1.82, 2.24) is 10.3 Å². The van der Waals surface area contributed by atoms with E-state index in [-0.39, 0.29) is 5.91 Å². The Labute approximate surface area is 114 Å². The first-order valence-corrected chi connectivity index (χ1v) is 6.48. The Hall–Kier alpha value is -1.01. The van der Waals surface area contributed by atoms with Crippen molar-refractivity contribution in [2.45, 2.75) is 19.3 Å². The van der Waals surface area contributed by atoms with Gasteiger partial charge in [0.15, 0.2) is 0 Å². The third-order valence-electron chi connectivity index (χ3n) is 2.10. The van der Waals surface area contributed by atoms with Crippen molar-refractivity contribution in [3.05, 3.63) is 28.5 Å². The number of unbranched alkanes of at least 4 members (excludes halogenated alkanes) is 1. The van der Waals surface area contributed by atoms with Crippen molar-refractivity contribution in [1.29, 1.82) is 0 Å². The van der Waals surface area contributed by atoms with Gasteiger partial charge in [-0.3, -0.25) is 4.79 Å². The molecule has 1 aromatic heterocycles. The summed E-state index contributed by atoms with van der Waals surface area (Å²) < 4.78 is 0.852. The average Bonchev–Trinajstić information content (AvgIpc) is 2.29. The highest BCUT2D eigenvalue weighted by molar-refractivity contribution is 9.10. The van der Waals surface area contributed by atoms with Gasteiger partial charge in [-0.05, 0) is 47.3 Å². The molecule has 0 aliphatic carbocycles. The zero-order chi connectivity index (χ0) is 12.7. The van der Waals surface area contributed by atoms with Crippen LogP contribution in [0.5, 0.6) is 0 Å². The molecule has 4 nitrogen and oxygen atoms in total. The van der Waals surface area contributed by atoms with Gasteiger partial charge in [0.2, 0.25) is 0 Å². The fraction of sp³-hybridized carbons (Fsp3) is 0.364. The number of carbonyl (C=O) groups is 1. The number of carbonyl (C=O) groups excluding carboxylic acids is 1. The molecule has 0 saturated heterocycles. The van der Waals surface area contributed by atoms with Crippen molar-refractivity contribution < 1.29 is 4.79 Å². The van der Waals surface area contributed by atoms with E-state index in [0.717, 1.165) is 23.7 Å². The summed E-state index contributed by atoms with van der Waals surface area (Å²) in [7, 11) is 0. The second-order valence-corrected chi connectivity index (χ2v) is 4.98. The fourth-order valence-electron chi connectivity index (χ4n) is 1.23. The molecule has 0 aliphatic rings. The molecule has 92 valence electrons. The molecule has 1 aromatic rings. The first-order valence-electron chi connectivity index (χ1n) is 5.27. The van der Waals surface area contributed by atoms with Crippen molar-refractivity contribution in [2.24, 2.45) is 5.73 Å². The monoisotopic (exact) mass is 315 g/mol. The Morgan fingerprint density at radius 2 is 2.24 bits per heavy atom. The first-order chi connectivity index (χ1) is 8.09. The van der Waals surface area contributed by atoms with Gasteiger partial charge in [-0.1, -0.05) is 12.2 Å². The van der Waals surface area contributed by atoms with Gasteiger partial charge in [0, 0.05) is 17.2 Å². The Morgan fingerprint density at radius 1 is 1.47 bits per heavy atom. The number of rotatable bonds is 6. The third kappa shape index (κ3) is 5.74. The van der Waals surface area contributed by atoms with Gasteiger partial charge in [-0.2, -0.15) is 0 Å². The van der Waals surface area contributed by atoms with Gasteiger partial charge in [0.05, 0.1) is 4.99 Å². The van der Waals surface area contributed by atoms with Crippen LogP contribution in [0.1, 0.15) is 29.8 Å². The molecule has 1 rings (SSSR count). The van der Waals surface area contributed by atoms with Gasteiger partial charge in [0.25, 0.3) is 5.91 Å². The maximum Gasteiger partial charge on any atom is 0.269 e. The summed E-state index contributed by atoms with van der Waals surface area (Å²) in [6.45, 7) is 0.610. The number of hydrogen-bond donors (Lipinski definition) is 2. The van der Waals surface area contributed by atoms with Crippen LogP contribution in [-0.4, -0.2) is 22.4 Å². The summed E-state index contributed by atoms with van der Waals surface area (Å²) in [5.41, 5.74) is 5.79. The molecule has 0 saturated carbocycles. The number of amides is 1. The second kappa shape index (κ2) is 7.34. The Balaban J connectivity index is 2.25. The summed E-state index contributed by atoms with van der Waals surface area (Å²) in [5.74, 6) is -0.159. The van der Waals surface area contributed by atoms with Crippen molar-refractivity contribution in [3.8, 4) is 0 Å². The molecule has 0 spiro atoms. The Kier molecular flexibility index (Phi) is 6.07. The van der Waals surface area contributed by atoms with Gasteiger partial charge in [0.1, 0.15) is 5.69 Å². The number of hydrogen-bond acceptors (Lipinski definition) is 3. The average molecular weight is 316 g/mol. The molecule has 0 atom stereocenters.